The van der Waals surface area contributed by atoms with E-state index < -0.39 is 0 Å². The fourth-order valence-corrected chi connectivity index (χ4v) is 3.63. The highest BCUT2D eigenvalue weighted by atomic mass is 32.1. The van der Waals surface area contributed by atoms with Crippen molar-refractivity contribution in [1.82, 2.24) is 20.1 Å². The summed E-state index contributed by atoms with van der Waals surface area (Å²) in [5.74, 6) is 0. The summed E-state index contributed by atoms with van der Waals surface area (Å²) in [6.07, 6.45) is 0.907. The first kappa shape index (κ1) is 16.2. The molecule has 0 spiro atoms. The summed E-state index contributed by atoms with van der Waals surface area (Å²) in [7, 11) is 4.01. The van der Waals surface area contributed by atoms with Crippen molar-refractivity contribution in [3.63, 3.8) is 0 Å². The Morgan fingerprint density at radius 1 is 1.33 bits per heavy atom. The molecule has 0 saturated carbocycles. The monoisotopic (exact) mass is 306 g/mol. The molecule has 116 valence electrons. The predicted octanol–water partition coefficient (Wildman–Crippen LogP) is 3.29. The topological polar surface area (TPSA) is 42.7 Å². The SMILES string of the molecule is CNC(Cc1nc(C(C)(C)C)cs1)c1c(C)nn(C)c1C. The molecule has 0 saturated heterocycles. The highest BCUT2D eigenvalue weighted by Crippen LogP contribution is 2.28. The number of rotatable bonds is 4. The van der Waals surface area contributed by atoms with Crippen molar-refractivity contribution in [1.29, 1.82) is 0 Å². The molecule has 0 bridgehead atoms. The van der Waals surface area contributed by atoms with Gasteiger partial charge in [0.15, 0.2) is 0 Å². The van der Waals surface area contributed by atoms with Crippen molar-refractivity contribution >= 4 is 11.3 Å². The van der Waals surface area contributed by atoms with Crippen LogP contribution >= 0.6 is 11.3 Å². The van der Waals surface area contributed by atoms with Crippen LogP contribution in [-0.2, 0) is 18.9 Å². The molecule has 0 radical (unpaired) electrons. The molecule has 0 aliphatic rings. The molecule has 0 aliphatic heterocycles. The Morgan fingerprint density at radius 2 is 2.00 bits per heavy atom. The van der Waals surface area contributed by atoms with E-state index in [2.05, 4.69) is 50.4 Å². The van der Waals surface area contributed by atoms with Gasteiger partial charge in [-0.2, -0.15) is 5.10 Å². The van der Waals surface area contributed by atoms with Crippen LogP contribution in [0.15, 0.2) is 5.38 Å². The largest absolute Gasteiger partial charge is 0.313 e. The van der Waals surface area contributed by atoms with Crippen LogP contribution in [0.25, 0.3) is 0 Å². The van der Waals surface area contributed by atoms with Crippen LogP contribution in [0.5, 0.6) is 0 Å². The van der Waals surface area contributed by atoms with Crippen LogP contribution in [0.4, 0.5) is 0 Å². The van der Waals surface area contributed by atoms with E-state index in [9.17, 15) is 0 Å². The molecule has 0 amide bonds. The van der Waals surface area contributed by atoms with Gasteiger partial charge >= 0.3 is 0 Å². The van der Waals surface area contributed by atoms with Gasteiger partial charge in [-0.15, -0.1) is 11.3 Å². The summed E-state index contributed by atoms with van der Waals surface area (Å²) < 4.78 is 1.96. The third-order valence-electron chi connectivity index (χ3n) is 3.96. The fraction of sp³-hybridized carbons (Fsp3) is 0.625. The third kappa shape index (κ3) is 3.35. The molecule has 5 heteroatoms. The molecule has 0 aliphatic carbocycles. The van der Waals surface area contributed by atoms with E-state index in [0.717, 1.165) is 12.1 Å². The Kier molecular flexibility index (Phi) is 4.54. The molecule has 21 heavy (non-hydrogen) atoms. The Labute approximate surface area is 131 Å². The van der Waals surface area contributed by atoms with E-state index in [1.165, 1.54) is 22.0 Å². The molecule has 2 aromatic heterocycles. The number of thiazole rings is 1. The normalized spacial score (nSPS) is 13.7. The summed E-state index contributed by atoms with van der Waals surface area (Å²) in [5.41, 5.74) is 4.91. The molecule has 0 aromatic carbocycles. The first-order valence-electron chi connectivity index (χ1n) is 7.36. The van der Waals surface area contributed by atoms with Gasteiger partial charge in [0.05, 0.1) is 16.4 Å². The molecular formula is C16H26N4S. The maximum Gasteiger partial charge on any atom is 0.0947 e. The molecule has 1 atom stereocenters. The van der Waals surface area contributed by atoms with Crippen molar-refractivity contribution in [2.45, 2.75) is 52.5 Å². The summed E-state index contributed by atoms with van der Waals surface area (Å²) in [6, 6.07) is 0.262. The van der Waals surface area contributed by atoms with E-state index in [1.54, 1.807) is 11.3 Å². The van der Waals surface area contributed by atoms with Crippen LogP contribution in [-0.4, -0.2) is 21.8 Å². The zero-order valence-electron chi connectivity index (χ0n) is 14.1. The van der Waals surface area contributed by atoms with Crippen LogP contribution in [0.1, 0.15) is 54.5 Å². The molecule has 0 fully saturated rings. The van der Waals surface area contributed by atoms with Crippen LogP contribution in [0, 0.1) is 13.8 Å². The van der Waals surface area contributed by atoms with Gasteiger partial charge in [-0.25, -0.2) is 4.98 Å². The van der Waals surface area contributed by atoms with Crippen molar-refractivity contribution in [3.8, 4) is 0 Å². The minimum atomic E-state index is 0.115. The van der Waals surface area contributed by atoms with Gasteiger partial charge in [-0.05, 0) is 20.9 Å². The average Bonchev–Trinajstić information content (AvgIpc) is 2.94. The highest BCUT2D eigenvalue weighted by Gasteiger charge is 2.22. The zero-order chi connectivity index (χ0) is 15.8. The lowest BCUT2D eigenvalue weighted by molar-refractivity contribution is 0.558. The van der Waals surface area contributed by atoms with Gasteiger partial charge in [-0.3, -0.25) is 4.68 Å². The number of aromatic nitrogens is 3. The first-order chi connectivity index (χ1) is 9.74. The van der Waals surface area contributed by atoms with Crippen LogP contribution < -0.4 is 5.32 Å². The Hall–Kier alpha value is -1.20. The Balaban J connectivity index is 2.25. The molecule has 2 rings (SSSR count). The van der Waals surface area contributed by atoms with E-state index in [0.29, 0.717) is 0 Å². The van der Waals surface area contributed by atoms with Gasteiger partial charge in [0.1, 0.15) is 0 Å². The van der Waals surface area contributed by atoms with Gasteiger partial charge in [-0.1, -0.05) is 20.8 Å². The van der Waals surface area contributed by atoms with E-state index in [1.807, 2.05) is 18.8 Å². The minimum Gasteiger partial charge on any atom is -0.313 e. The molecule has 2 heterocycles. The summed E-state index contributed by atoms with van der Waals surface area (Å²) >= 11 is 1.75. The Morgan fingerprint density at radius 3 is 2.43 bits per heavy atom. The second-order valence-corrected chi connectivity index (χ2v) is 7.57. The van der Waals surface area contributed by atoms with Gasteiger partial charge in [0.2, 0.25) is 0 Å². The number of likely N-dealkylation sites (N-methyl/N-ethyl adjacent to an activating group) is 1. The lowest BCUT2D eigenvalue weighted by Gasteiger charge is -2.17. The van der Waals surface area contributed by atoms with E-state index >= 15 is 0 Å². The maximum absolute atomic E-state index is 4.81. The van der Waals surface area contributed by atoms with Crippen molar-refractivity contribution in [3.05, 3.63) is 33.0 Å². The fourth-order valence-electron chi connectivity index (χ4n) is 2.57. The highest BCUT2D eigenvalue weighted by molar-refractivity contribution is 7.09. The lowest BCUT2D eigenvalue weighted by atomic mass is 9.93. The summed E-state index contributed by atoms with van der Waals surface area (Å²) in [6.45, 7) is 10.8. The number of hydrogen-bond acceptors (Lipinski definition) is 4. The number of hydrogen-bond donors (Lipinski definition) is 1. The minimum absolute atomic E-state index is 0.115. The average molecular weight is 306 g/mol. The third-order valence-corrected chi connectivity index (χ3v) is 4.83. The number of aryl methyl sites for hydroxylation is 2. The van der Waals surface area contributed by atoms with E-state index in [4.69, 9.17) is 4.98 Å². The first-order valence-corrected chi connectivity index (χ1v) is 8.24. The quantitative estimate of drug-likeness (QED) is 0.942. The molecule has 1 N–H and O–H groups in total. The standard InChI is InChI=1S/C16H26N4S/c1-10-15(11(2)20(7)19-10)12(17-6)8-14-18-13(9-21-14)16(3,4)5/h9,12,17H,8H2,1-7H3. The van der Waals surface area contributed by atoms with Crippen LogP contribution in [0.2, 0.25) is 0 Å². The van der Waals surface area contributed by atoms with Gasteiger partial charge in [0.25, 0.3) is 0 Å². The maximum atomic E-state index is 4.81. The van der Waals surface area contributed by atoms with Crippen molar-refractivity contribution < 1.29 is 0 Å². The summed E-state index contributed by atoms with van der Waals surface area (Å²) in [5, 5.41) is 11.3. The number of nitrogens with zero attached hydrogens (tertiary/aromatic N) is 3. The predicted molar refractivity (Wildman–Crippen MR) is 89.0 cm³/mol. The van der Waals surface area contributed by atoms with E-state index in [-0.39, 0.29) is 11.5 Å². The molecule has 4 nitrogen and oxygen atoms in total. The van der Waals surface area contributed by atoms with Crippen molar-refractivity contribution in [2.24, 2.45) is 7.05 Å². The van der Waals surface area contributed by atoms with Crippen molar-refractivity contribution in [2.75, 3.05) is 7.05 Å². The lowest BCUT2D eigenvalue weighted by Crippen LogP contribution is -2.20. The Bertz CT molecular complexity index is 619. The zero-order valence-corrected chi connectivity index (χ0v) is 14.9. The second kappa shape index (κ2) is 5.89. The van der Waals surface area contributed by atoms with Crippen LogP contribution in [0.3, 0.4) is 0 Å². The van der Waals surface area contributed by atoms with Gasteiger partial charge in [0, 0.05) is 41.6 Å². The smallest absolute Gasteiger partial charge is 0.0947 e. The molecular weight excluding hydrogens is 280 g/mol. The van der Waals surface area contributed by atoms with Gasteiger partial charge < -0.3 is 5.32 Å². The summed E-state index contributed by atoms with van der Waals surface area (Å²) in [4.78, 5) is 4.81. The number of nitrogens with one attached hydrogen (secondary N) is 1. The molecule has 2 aromatic rings. The second-order valence-electron chi connectivity index (χ2n) is 6.63. The molecule has 1 unspecified atom stereocenters.